The van der Waals surface area contributed by atoms with E-state index in [1.54, 1.807) is 0 Å². The zero-order valence-corrected chi connectivity index (χ0v) is 17.3. The number of nitrogens with one attached hydrogen (secondary N) is 2. The number of aromatic amines is 1. The molecule has 0 saturated heterocycles. The zero-order chi connectivity index (χ0) is 23.9. The van der Waals surface area contributed by atoms with Crippen LogP contribution in [0.2, 0.25) is 5.02 Å². The molecule has 0 bridgehead atoms. The van der Waals surface area contributed by atoms with E-state index in [4.69, 9.17) is 16.3 Å². The third-order valence-corrected chi connectivity index (χ3v) is 5.52. The van der Waals surface area contributed by atoms with Crippen LogP contribution < -0.4 is 15.6 Å². The molecule has 2 aromatic carbocycles. The first-order valence-corrected chi connectivity index (χ1v) is 9.95. The first-order valence-electron chi connectivity index (χ1n) is 9.57. The summed E-state index contributed by atoms with van der Waals surface area (Å²) < 4.78 is 73.9. The van der Waals surface area contributed by atoms with Crippen molar-refractivity contribution in [3.05, 3.63) is 91.9 Å². The Morgan fingerprint density at radius 1 is 1.12 bits per heavy atom. The van der Waals surface area contributed by atoms with Crippen molar-refractivity contribution in [2.24, 2.45) is 0 Å². The summed E-state index contributed by atoms with van der Waals surface area (Å²) in [5.41, 5.74) is -1.79. The van der Waals surface area contributed by atoms with Crippen LogP contribution >= 0.6 is 11.6 Å². The van der Waals surface area contributed by atoms with Gasteiger partial charge in [0.15, 0.2) is 11.6 Å². The summed E-state index contributed by atoms with van der Waals surface area (Å²) in [5.74, 6) is -4.61. The molecule has 1 amide bonds. The molecule has 2 heterocycles. The molecule has 1 aliphatic rings. The third-order valence-electron chi connectivity index (χ3n) is 5.21. The first kappa shape index (κ1) is 22.8. The molecule has 5 nitrogen and oxygen atoms in total. The van der Waals surface area contributed by atoms with Crippen molar-refractivity contribution in [1.82, 2.24) is 4.98 Å². The smallest absolute Gasteiger partial charge is 0.417 e. The number of fused-ring (bicyclic) bond motifs is 1. The number of aromatic nitrogens is 1. The lowest BCUT2D eigenvalue weighted by Crippen LogP contribution is -2.22. The molecule has 1 unspecified atom stereocenters. The van der Waals surface area contributed by atoms with Gasteiger partial charge in [-0.1, -0.05) is 17.7 Å². The van der Waals surface area contributed by atoms with Gasteiger partial charge in [0.25, 0.3) is 5.91 Å². The molecule has 3 aromatic rings. The van der Waals surface area contributed by atoms with Crippen molar-refractivity contribution >= 4 is 23.2 Å². The van der Waals surface area contributed by atoms with Crippen LogP contribution in [-0.2, 0) is 6.18 Å². The number of alkyl halides is 3. The van der Waals surface area contributed by atoms with Crippen molar-refractivity contribution < 1.29 is 31.5 Å². The highest BCUT2D eigenvalue weighted by atomic mass is 35.5. The average molecular weight is 485 g/mol. The van der Waals surface area contributed by atoms with Gasteiger partial charge in [-0.05, 0) is 36.2 Å². The summed E-state index contributed by atoms with van der Waals surface area (Å²) >= 11 is 5.85. The number of ether oxygens (including phenoxy) is 1. The second-order valence-corrected chi connectivity index (χ2v) is 7.69. The number of carbonyl (C=O) groups is 1. The molecule has 0 saturated carbocycles. The van der Waals surface area contributed by atoms with E-state index >= 15 is 0 Å². The standard InChI is InChI=1S/C22H14ClF5N2O3/c23-16-9-14(21(32)30-10-3-5-29-18(31)7-10)13(8-15(16)22(26,27)28)11-4-6-33-20-12(11)1-2-17(24)19(20)25/h1-3,5,7-9,11H,4,6H2,(H2,29,30,31,32). The van der Waals surface area contributed by atoms with Gasteiger partial charge in [-0.2, -0.15) is 17.6 Å². The predicted molar refractivity (Wildman–Crippen MR) is 110 cm³/mol. The molecule has 172 valence electrons. The molecule has 0 aliphatic carbocycles. The van der Waals surface area contributed by atoms with Gasteiger partial charge in [0, 0.05) is 35.0 Å². The number of hydrogen-bond acceptors (Lipinski definition) is 3. The Kier molecular flexibility index (Phi) is 5.87. The largest absolute Gasteiger partial charge is 0.490 e. The number of pyridine rings is 1. The molecule has 0 spiro atoms. The van der Waals surface area contributed by atoms with Crippen LogP contribution in [0.4, 0.5) is 27.6 Å². The summed E-state index contributed by atoms with van der Waals surface area (Å²) in [6.45, 7) is -0.114. The topological polar surface area (TPSA) is 71.2 Å². The summed E-state index contributed by atoms with van der Waals surface area (Å²) in [7, 11) is 0. The highest BCUT2D eigenvalue weighted by Crippen LogP contribution is 2.44. The maximum absolute atomic E-state index is 14.3. The van der Waals surface area contributed by atoms with Crippen LogP contribution in [0, 0.1) is 11.6 Å². The predicted octanol–water partition coefficient (Wildman–Crippen LogP) is 5.49. The highest BCUT2D eigenvalue weighted by molar-refractivity contribution is 6.32. The number of amides is 1. The van der Waals surface area contributed by atoms with Crippen LogP contribution in [0.25, 0.3) is 0 Å². The molecule has 0 radical (unpaired) electrons. The number of anilines is 1. The molecular weight excluding hydrogens is 471 g/mol. The molecule has 1 aliphatic heterocycles. The SMILES string of the molecule is O=C(Nc1cc[nH]c(=O)c1)c1cc(Cl)c(C(F)(F)F)cc1C1CCOc2c1ccc(F)c2F. The second-order valence-electron chi connectivity index (χ2n) is 7.28. The van der Waals surface area contributed by atoms with Gasteiger partial charge in [-0.25, -0.2) is 4.39 Å². The van der Waals surface area contributed by atoms with Crippen molar-refractivity contribution in [1.29, 1.82) is 0 Å². The lowest BCUT2D eigenvalue weighted by molar-refractivity contribution is -0.137. The maximum atomic E-state index is 14.3. The van der Waals surface area contributed by atoms with Crippen LogP contribution in [0.1, 0.15) is 39.4 Å². The number of halogens is 6. The summed E-state index contributed by atoms with van der Waals surface area (Å²) in [5, 5.41) is 1.74. The Bertz CT molecular complexity index is 1310. The normalized spacial score (nSPS) is 15.5. The summed E-state index contributed by atoms with van der Waals surface area (Å²) in [6, 6.07) is 6.12. The third kappa shape index (κ3) is 4.43. The second kappa shape index (κ2) is 8.51. The minimum atomic E-state index is -4.82. The zero-order valence-electron chi connectivity index (χ0n) is 16.5. The molecule has 4 rings (SSSR count). The van der Waals surface area contributed by atoms with Gasteiger partial charge in [-0.3, -0.25) is 9.59 Å². The van der Waals surface area contributed by atoms with Crippen molar-refractivity contribution in [2.75, 3.05) is 11.9 Å². The van der Waals surface area contributed by atoms with Gasteiger partial charge < -0.3 is 15.0 Å². The Morgan fingerprint density at radius 2 is 1.88 bits per heavy atom. The Labute approximate surface area is 188 Å². The van der Waals surface area contributed by atoms with Crippen molar-refractivity contribution in [3.63, 3.8) is 0 Å². The van der Waals surface area contributed by atoms with Gasteiger partial charge in [0.2, 0.25) is 11.4 Å². The van der Waals surface area contributed by atoms with E-state index in [-0.39, 0.29) is 35.4 Å². The molecule has 11 heteroatoms. The van der Waals surface area contributed by atoms with Crippen molar-refractivity contribution in [3.8, 4) is 5.75 Å². The number of benzene rings is 2. The maximum Gasteiger partial charge on any atom is 0.417 e. The monoisotopic (exact) mass is 484 g/mol. The van der Waals surface area contributed by atoms with Gasteiger partial charge in [-0.15, -0.1) is 0 Å². The van der Waals surface area contributed by atoms with Gasteiger partial charge in [0.05, 0.1) is 17.2 Å². The number of rotatable bonds is 3. The number of hydrogen-bond donors (Lipinski definition) is 2. The lowest BCUT2D eigenvalue weighted by atomic mass is 9.83. The van der Waals surface area contributed by atoms with Gasteiger partial charge in [0.1, 0.15) is 0 Å². The Morgan fingerprint density at radius 3 is 2.58 bits per heavy atom. The number of carbonyl (C=O) groups excluding carboxylic acids is 1. The van der Waals surface area contributed by atoms with E-state index in [0.29, 0.717) is 0 Å². The Hall–Kier alpha value is -3.40. The quantitative estimate of drug-likeness (QED) is 0.483. The average Bonchev–Trinajstić information content (AvgIpc) is 2.75. The van der Waals surface area contributed by atoms with Crippen LogP contribution in [0.15, 0.2) is 47.4 Å². The fraction of sp³-hybridized carbons (Fsp3) is 0.182. The van der Waals surface area contributed by atoms with E-state index in [9.17, 15) is 31.5 Å². The van der Waals surface area contributed by atoms with Crippen LogP contribution in [0.3, 0.4) is 0 Å². The van der Waals surface area contributed by atoms with E-state index < -0.39 is 51.5 Å². The van der Waals surface area contributed by atoms with E-state index in [1.807, 2.05) is 0 Å². The van der Waals surface area contributed by atoms with Crippen LogP contribution in [0.5, 0.6) is 5.75 Å². The number of H-pyrrole nitrogens is 1. The fourth-order valence-electron chi connectivity index (χ4n) is 3.74. The Balaban J connectivity index is 1.87. The molecule has 1 atom stereocenters. The van der Waals surface area contributed by atoms with Gasteiger partial charge >= 0.3 is 6.18 Å². The fourth-order valence-corrected chi connectivity index (χ4v) is 4.01. The minimum absolute atomic E-state index is 0.0929. The molecule has 1 aromatic heterocycles. The molecule has 2 N–H and O–H groups in total. The van der Waals surface area contributed by atoms with E-state index in [1.165, 1.54) is 18.3 Å². The molecule has 0 fully saturated rings. The van der Waals surface area contributed by atoms with E-state index in [0.717, 1.165) is 24.3 Å². The highest BCUT2D eigenvalue weighted by Gasteiger charge is 2.37. The van der Waals surface area contributed by atoms with Crippen molar-refractivity contribution in [2.45, 2.75) is 18.5 Å². The molecular formula is C22H14ClF5N2O3. The van der Waals surface area contributed by atoms with E-state index in [2.05, 4.69) is 10.3 Å². The van der Waals surface area contributed by atoms with Crippen LogP contribution in [-0.4, -0.2) is 17.5 Å². The minimum Gasteiger partial charge on any atom is -0.490 e. The molecule has 33 heavy (non-hydrogen) atoms. The summed E-state index contributed by atoms with van der Waals surface area (Å²) in [6.07, 6.45) is -3.44. The lowest BCUT2D eigenvalue weighted by Gasteiger charge is -2.29. The first-order chi connectivity index (χ1) is 15.6. The summed E-state index contributed by atoms with van der Waals surface area (Å²) in [4.78, 5) is 26.9.